The van der Waals surface area contributed by atoms with Crippen molar-refractivity contribution in [1.29, 1.82) is 0 Å². The summed E-state index contributed by atoms with van der Waals surface area (Å²) in [6.45, 7) is 2.85. The molecule has 0 aliphatic heterocycles. The van der Waals surface area contributed by atoms with E-state index in [2.05, 4.69) is 21.2 Å². The van der Waals surface area contributed by atoms with Crippen molar-refractivity contribution in [1.82, 2.24) is 10.2 Å². The van der Waals surface area contributed by atoms with Crippen LogP contribution in [0.25, 0.3) is 0 Å². The van der Waals surface area contributed by atoms with Gasteiger partial charge in [0.05, 0.1) is 5.75 Å². The van der Waals surface area contributed by atoms with Gasteiger partial charge in [-0.25, -0.2) is 4.39 Å². The predicted octanol–water partition coefficient (Wildman–Crippen LogP) is 5.99. The van der Waals surface area contributed by atoms with Gasteiger partial charge < -0.3 is 10.2 Å². The van der Waals surface area contributed by atoms with Gasteiger partial charge in [0, 0.05) is 29.7 Å². The van der Waals surface area contributed by atoms with Crippen molar-refractivity contribution >= 4 is 39.5 Å². The van der Waals surface area contributed by atoms with Gasteiger partial charge in [0.25, 0.3) is 0 Å². The molecule has 3 aromatic carbocycles. The second kappa shape index (κ2) is 14.0. The fourth-order valence-corrected chi connectivity index (χ4v) is 4.81. The van der Waals surface area contributed by atoms with Crippen LogP contribution in [0.5, 0.6) is 0 Å². The number of carbonyl (C=O) groups is 2. The Labute approximate surface area is 219 Å². The van der Waals surface area contributed by atoms with Gasteiger partial charge in [-0.15, -0.1) is 11.8 Å². The molecule has 0 saturated carbocycles. The van der Waals surface area contributed by atoms with Gasteiger partial charge in [-0.2, -0.15) is 0 Å². The number of benzene rings is 3. The summed E-state index contributed by atoms with van der Waals surface area (Å²) >= 11 is 4.80. The number of nitrogens with one attached hydrogen (secondary N) is 1. The first kappa shape index (κ1) is 27.0. The second-order valence-electron chi connectivity index (χ2n) is 8.23. The Morgan fingerprint density at radius 1 is 0.971 bits per heavy atom. The maximum atomic E-state index is 14.0. The fraction of sp³-hybridized carbons (Fsp3) is 0.286. The second-order valence-corrected chi connectivity index (χ2v) is 10.1. The molecule has 4 nitrogen and oxygen atoms in total. The molecule has 0 aliphatic rings. The smallest absolute Gasteiger partial charge is 0.243 e. The van der Waals surface area contributed by atoms with Crippen LogP contribution >= 0.6 is 27.7 Å². The van der Waals surface area contributed by atoms with E-state index >= 15 is 0 Å². The molecule has 7 heteroatoms. The maximum absolute atomic E-state index is 14.0. The van der Waals surface area contributed by atoms with Crippen LogP contribution in [0.3, 0.4) is 0 Å². The van der Waals surface area contributed by atoms with E-state index in [4.69, 9.17) is 0 Å². The van der Waals surface area contributed by atoms with Crippen LogP contribution in [0.1, 0.15) is 30.0 Å². The van der Waals surface area contributed by atoms with Crippen LogP contribution in [0.4, 0.5) is 4.39 Å². The quantitative estimate of drug-likeness (QED) is 0.298. The highest BCUT2D eigenvalue weighted by atomic mass is 79.9. The summed E-state index contributed by atoms with van der Waals surface area (Å²) in [6, 6.07) is 23.4. The molecule has 0 aromatic heterocycles. The highest BCUT2D eigenvalue weighted by molar-refractivity contribution is 9.10. The lowest BCUT2D eigenvalue weighted by molar-refractivity contribution is -0.139. The molecule has 0 aliphatic carbocycles. The topological polar surface area (TPSA) is 49.4 Å². The monoisotopic (exact) mass is 556 g/mol. The molecule has 3 aromatic rings. The summed E-state index contributed by atoms with van der Waals surface area (Å²) < 4.78 is 15.0. The number of hydrogen-bond acceptors (Lipinski definition) is 3. The van der Waals surface area contributed by atoms with E-state index < -0.39 is 6.04 Å². The average molecular weight is 558 g/mol. The highest BCUT2D eigenvalue weighted by Crippen LogP contribution is 2.20. The van der Waals surface area contributed by atoms with Crippen LogP contribution in [-0.2, 0) is 28.3 Å². The summed E-state index contributed by atoms with van der Waals surface area (Å²) in [6.07, 6.45) is 1.22. The minimum atomic E-state index is -0.658. The van der Waals surface area contributed by atoms with Crippen molar-refractivity contribution in [2.45, 2.75) is 38.1 Å². The lowest BCUT2D eigenvalue weighted by Gasteiger charge is -2.31. The van der Waals surface area contributed by atoms with Gasteiger partial charge in [0.1, 0.15) is 11.9 Å². The number of halogens is 2. The molecule has 35 heavy (non-hydrogen) atoms. The highest BCUT2D eigenvalue weighted by Gasteiger charge is 2.30. The molecule has 0 saturated heterocycles. The number of rotatable bonds is 12. The molecule has 0 bridgehead atoms. The number of thioether (sulfide) groups is 1. The van der Waals surface area contributed by atoms with E-state index in [0.717, 1.165) is 22.0 Å². The van der Waals surface area contributed by atoms with Crippen molar-refractivity contribution in [3.05, 3.63) is 106 Å². The first-order chi connectivity index (χ1) is 17.0. The van der Waals surface area contributed by atoms with E-state index in [1.807, 2.05) is 61.5 Å². The Morgan fingerprint density at radius 3 is 2.34 bits per heavy atom. The number of nitrogens with zero attached hydrogens (tertiary/aromatic N) is 1. The Bertz CT molecular complexity index is 1100. The van der Waals surface area contributed by atoms with Crippen LogP contribution in [0.2, 0.25) is 0 Å². The zero-order valence-electron chi connectivity index (χ0n) is 19.8. The molecule has 2 amide bonds. The number of carbonyl (C=O) groups excluding carboxylic acids is 2. The Balaban J connectivity index is 1.83. The summed E-state index contributed by atoms with van der Waals surface area (Å²) in [5.74, 6) is -0.0604. The Kier molecular flexibility index (Phi) is 10.8. The van der Waals surface area contributed by atoms with Crippen LogP contribution in [0, 0.1) is 5.82 Å². The van der Waals surface area contributed by atoms with Crippen LogP contribution < -0.4 is 5.32 Å². The molecule has 3 rings (SSSR count). The minimum absolute atomic E-state index is 0.150. The summed E-state index contributed by atoms with van der Waals surface area (Å²) in [4.78, 5) is 28.5. The first-order valence-corrected chi connectivity index (χ1v) is 13.6. The number of amides is 2. The molecule has 0 heterocycles. The van der Waals surface area contributed by atoms with E-state index in [1.54, 1.807) is 23.1 Å². The molecule has 0 spiro atoms. The Hall–Kier alpha value is -2.64. The zero-order chi connectivity index (χ0) is 25.0. The van der Waals surface area contributed by atoms with Gasteiger partial charge in [0.2, 0.25) is 11.8 Å². The van der Waals surface area contributed by atoms with E-state index in [0.29, 0.717) is 30.8 Å². The SMILES string of the molecule is CCCNC(=O)[C@@H](Cc1ccccc1)N(Cc1ccc(Br)cc1)C(=O)CSCc1ccccc1F. The van der Waals surface area contributed by atoms with E-state index in [-0.39, 0.29) is 23.4 Å². The Morgan fingerprint density at radius 2 is 1.66 bits per heavy atom. The van der Waals surface area contributed by atoms with Gasteiger partial charge in [-0.05, 0) is 41.3 Å². The zero-order valence-corrected chi connectivity index (χ0v) is 22.2. The van der Waals surface area contributed by atoms with Gasteiger partial charge in [-0.1, -0.05) is 83.5 Å². The van der Waals surface area contributed by atoms with Gasteiger partial charge in [0.15, 0.2) is 0 Å². The molecule has 0 unspecified atom stereocenters. The first-order valence-electron chi connectivity index (χ1n) is 11.6. The molecule has 0 fully saturated rings. The molecule has 184 valence electrons. The number of hydrogen-bond donors (Lipinski definition) is 1. The maximum Gasteiger partial charge on any atom is 0.243 e. The van der Waals surface area contributed by atoms with Crippen molar-refractivity contribution < 1.29 is 14.0 Å². The van der Waals surface area contributed by atoms with Crippen molar-refractivity contribution in [2.75, 3.05) is 12.3 Å². The average Bonchev–Trinajstić information content (AvgIpc) is 2.87. The third kappa shape index (κ3) is 8.51. The van der Waals surface area contributed by atoms with Crippen LogP contribution in [0.15, 0.2) is 83.3 Å². The standard InChI is InChI=1S/C28H30BrFN2O2S/c1-2-16-31-28(34)26(17-21-8-4-3-5-9-21)32(18-22-12-14-24(29)15-13-22)27(33)20-35-19-23-10-6-7-11-25(23)30/h3-15,26H,2,16-20H2,1H3,(H,31,34)/t26-/m1/s1. The van der Waals surface area contributed by atoms with Gasteiger partial charge in [-0.3, -0.25) is 9.59 Å². The largest absolute Gasteiger partial charge is 0.354 e. The van der Waals surface area contributed by atoms with Crippen molar-refractivity contribution in [2.24, 2.45) is 0 Å². The van der Waals surface area contributed by atoms with Crippen molar-refractivity contribution in [3.63, 3.8) is 0 Å². The summed E-state index contributed by atoms with van der Waals surface area (Å²) in [7, 11) is 0. The lowest BCUT2D eigenvalue weighted by atomic mass is 10.0. The van der Waals surface area contributed by atoms with E-state index in [1.165, 1.54) is 17.8 Å². The third-order valence-corrected chi connectivity index (χ3v) is 7.02. The fourth-order valence-electron chi connectivity index (χ4n) is 3.65. The molecule has 0 radical (unpaired) electrons. The predicted molar refractivity (Wildman–Crippen MR) is 144 cm³/mol. The molecular weight excluding hydrogens is 527 g/mol. The summed E-state index contributed by atoms with van der Waals surface area (Å²) in [5.41, 5.74) is 2.48. The third-order valence-electron chi connectivity index (χ3n) is 5.53. The lowest BCUT2D eigenvalue weighted by Crippen LogP contribution is -2.51. The summed E-state index contributed by atoms with van der Waals surface area (Å²) in [5, 5.41) is 2.98. The van der Waals surface area contributed by atoms with E-state index in [9.17, 15) is 14.0 Å². The minimum Gasteiger partial charge on any atom is -0.354 e. The molecular formula is C28H30BrFN2O2S. The van der Waals surface area contributed by atoms with Crippen LogP contribution in [-0.4, -0.2) is 35.1 Å². The molecule has 1 N–H and O–H groups in total. The molecule has 1 atom stereocenters. The van der Waals surface area contributed by atoms with Gasteiger partial charge >= 0.3 is 0 Å². The van der Waals surface area contributed by atoms with Crippen molar-refractivity contribution in [3.8, 4) is 0 Å². The normalized spacial score (nSPS) is 11.6.